The molecule has 1 heterocycles. The molecule has 0 unspecified atom stereocenters. The molecule has 1 N–H and O–H groups in total. The Morgan fingerprint density at radius 1 is 1.21 bits per heavy atom. The number of aromatic nitrogens is 2. The second-order valence-corrected chi connectivity index (χ2v) is 6.45. The van der Waals surface area contributed by atoms with Crippen molar-refractivity contribution in [2.45, 2.75) is 26.3 Å². The Morgan fingerprint density at radius 2 is 2.00 bits per heavy atom. The van der Waals surface area contributed by atoms with Crippen LogP contribution < -0.4 is 10.1 Å². The molecular formula is C21H22N4O4. The van der Waals surface area contributed by atoms with Gasteiger partial charge in [0.05, 0.1) is 17.2 Å². The molecule has 0 aliphatic carbocycles. The van der Waals surface area contributed by atoms with Gasteiger partial charge in [-0.1, -0.05) is 25.5 Å². The van der Waals surface area contributed by atoms with E-state index < -0.39 is 4.92 Å². The van der Waals surface area contributed by atoms with Crippen LogP contribution in [0.1, 0.15) is 35.8 Å². The van der Waals surface area contributed by atoms with E-state index in [0.717, 1.165) is 24.2 Å². The molecule has 8 heteroatoms. The van der Waals surface area contributed by atoms with Crippen molar-refractivity contribution in [1.82, 2.24) is 15.1 Å². The zero-order valence-corrected chi connectivity index (χ0v) is 16.1. The molecular weight excluding hydrogens is 372 g/mol. The average Bonchev–Trinajstić information content (AvgIpc) is 3.23. The first-order valence-electron chi connectivity index (χ1n) is 9.37. The molecule has 0 aliphatic heterocycles. The molecule has 1 aromatic heterocycles. The zero-order valence-electron chi connectivity index (χ0n) is 16.1. The number of nitro groups is 1. The van der Waals surface area contributed by atoms with Crippen LogP contribution in [0.5, 0.6) is 5.75 Å². The van der Waals surface area contributed by atoms with Gasteiger partial charge in [0.2, 0.25) is 0 Å². The van der Waals surface area contributed by atoms with Crippen molar-refractivity contribution in [2.24, 2.45) is 0 Å². The fourth-order valence-electron chi connectivity index (χ4n) is 2.67. The van der Waals surface area contributed by atoms with Gasteiger partial charge in [-0.3, -0.25) is 14.9 Å². The number of rotatable bonds is 9. The number of nitrogens with zero attached hydrogens (tertiary/aromatic N) is 3. The van der Waals surface area contributed by atoms with Gasteiger partial charge in [0.25, 0.3) is 11.6 Å². The smallest absolute Gasteiger partial charge is 0.272 e. The van der Waals surface area contributed by atoms with E-state index in [2.05, 4.69) is 17.3 Å². The molecule has 8 nitrogen and oxygen atoms in total. The summed E-state index contributed by atoms with van der Waals surface area (Å²) in [6, 6.07) is 15.2. The van der Waals surface area contributed by atoms with Crippen molar-refractivity contribution in [2.75, 3.05) is 6.61 Å². The fraction of sp³-hybridized carbons (Fsp3) is 0.238. The molecule has 3 rings (SSSR count). The van der Waals surface area contributed by atoms with Crippen LogP contribution >= 0.6 is 0 Å². The maximum Gasteiger partial charge on any atom is 0.272 e. The number of benzene rings is 2. The third-order valence-corrected chi connectivity index (χ3v) is 4.26. The van der Waals surface area contributed by atoms with E-state index in [0.29, 0.717) is 18.8 Å². The van der Waals surface area contributed by atoms with E-state index in [-0.39, 0.29) is 17.3 Å². The molecule has 0 aliphatic rings. The molecule has 0 fully saturated rings. The van der Waals surface area contributed by atoms with E-state index in [1.54, 1.807) is 24.4 Å². The van der Waals surface area contributed by atoms with Crippen LogP contribution in [0.15, 0.2) is 60.8 Å². The van der Waals surface area contributed by atoms with Crippen LogP contribution in [0, 0.1) is 10.1 Å². The molecule has 0 radical (unpaired) electrons. The molecule has 3 aromatic rings. The standard InChI is InChI=1S/C21H22N4O4/c1-2-3-13-29-19-6-4-5-16(14-19)15-22-21(26)20-11-12-24(23-20)17-7-9-18(10-8-17)25(27)28/h4-12,14H,2-3,13,15H2,1H3,(H,22,26). The van der Waals surface area contributed by atoms with Gasteiger partial charge in [0.15, 0.2) is 5.69 Å². The lowest BCUT2D eigenvalue weighted by molar-refractivity contribution is -0.384. The maximum absolute atomic E-state index is 12.4. The first kappa shape index (κ1) is 20.1. The summed E-state index contributed by atoms with van der Waals surface area (Å²) in [5, 5.41) is 17.8. The predicted octanol–water partition coefficient (Wildman–Crippen LogP) is 3.89. The number of hydrogen-bond donors (Lipinski definition) is 1. The highest BCUT2D eigenvalue weighted by atomic mass is 16.6. The maximum atomic E-state index is 12.4. The number of hydrogen-bond acceptors (Lipinski definition) is 5. The van der Waals surface area contributed by atoms with Gasteiger partial charge in [0, 0.05) is 24.9 Å². The Labute approximate surface area is 168 Å². The Morgan fingerprint density at radius 3 is 2.72 bits per heavy atom. The van der Waals surface area contributed by atoms with Gasteiger partial charge >= 0.3 is 0 Å². The largest absolute Gasteiger partial charge is 0.494 e. The number of unbranched alkanes of at least 4 members (excludes halogenated alkanes) is 1. The van der Waals surface area contributed by atoms with Crippen LogP contribution in [0.2, 0.25) is 0 Å². The molecule has 1 amide bonds. The lowest BCUT2D eigenvalue weighted by Crippen LogP contribution is -2.23. The van der Waals surface area contributed by atoms with Crippen molar-refractivity contribution >= 4 is 11.6 Å². The van der Waals surface area contributed by atoms with Gasteiger partial charge in [-0.15, -0.1) is 0 Å². The van der Waals surface area contributed by atoms with Crippen molar-refractivity contribution in [3.05, 3.63) is 82.2 Å². The lowest BCUT2D eigenvalue weighted by atomic mass is 10.2. The first-order valence-corrected chi connectivity index (χ1v) is 9.37. The van der Waals surface area contributed by atoms with E-state index in [4.69, 9.17) is 4.74 Å². The minimum Gasteiger partial charge on any atom is -0.494 e. The summed E-state index contributed by atoms with van der Waals surface area (Å²) in [4.78, 5) is 22.7. The van der Waals surface area contributed by atoms with Crippen molar-refractivity contribution < 1.29 is 14.5 Å². The minimum absolute atomic E-state index is 0.000207. The number of non-ortho nitro benzene ring substituents is 1. The number of nitro benzene ring substituents is 1. The molecule has 0 saturated carbocycles. The van der Waals surface area contributed by atoms with Gasteiger partial charge in [-0.25, -0.2) is 4.68 Å². The Bertz CT molecular complexity index is 982. The summed E-state index contributed by atoms with van der Waals surface area (Å²) >= 11 is 0. The van der Waals surface area contributed by atoms with Crippen molar-refractivity contribution in [1.29, 1.82) is 0 Å². The SMILES string of the molecule is CCCCOc1cccc(CNC(=O)c2ccn(-c3ccc([N+](=O)[O-])cc3)n2)c1. The van der Waals surface area contributed by atoms with Crippen LogP contribution in [-0.2, 0) is 6.54 Å². The highest BCUT2D eigenvalue weighted by Crippen LogP contribution is 2.16. The van der Waals surface area contributed by atoms with Crippen molar-refractivity contribution in [3.8, 4) is 11.4 Å². The third kappa shape index (κ3) is 5.41. The van der Waals surface area contributed by atoms with Crippen LogP contribution in [0.3, 0.4) is 0 Å². The summed E-state index contributed by atoms with van der Waals surface area (Å²) in [5.74, 6) is 0.482. The summed E-state index contributed by atoms with van der Waals surface area (Å²) in [6.45, 7) is 3.14. The average molecular weight is 394 g/mol. The van der Waals surface area contributed by atoms with Crippen LogP contribution in [-0.4, -0.2) is 27.2 Å². The van der Waals surface area contributed by atoms with E-state index in [9.17, 15) is 14.9 Å². The zero-order chi connectivity index (χ0) is 20.6. The monoisotopic (exact) mass is 394 g/mol. The van der Waals surface area contributed by atoms with E-state index in [1.165, 1.54) is 16.8 Å². The van der Waals surface area contributed by atoms with Gasteiger partial charge < -0.3 is 10.1 Å². The Hall–Kier alpha value is -3.68. The van der Waals surface area contributed by atoms with Gasteiger partial charge in [-0.05, 0) is 42.3 Å². The first-order chi connectivity index (χ1) is 14.1. The topological polar surface area (TPSA) is 99.3 Å². The number of ether oxygens (including phenoxy) is 1. The summed E-state index contributed by atoms with van der Waals surface area (Å²) in [6.07, 6.45) is 3.71. The second kappa shape index (κ2) is 9.50. The fourth-order valence-corrected chi connectivity index (χ4v) is 2.67. The quantitative estimate of drug-likeness (QED) is 0.337. The van der Waals surface area contributed by atoms with Crippen molar-refractivity contribution in [3.63, 3.8) is 0 Å². The highest BCUT2D eigenvalue weighted by Gasteiger charge is 2.11. The predicted molar refractivity (Wildman–Crippen MR) is 108 cm³/mol. The van der Waals surface area contributed by atoms with E-state index in [1.807, 2.05) is 24.3 Å². The molecule has 0 bridgehead atoms. The third-order valence-electron chi connectivity index (χ3n) is 4.26. The normalized spacial score (nSPS) is 10.5. The number of carbonyl (C=O) groups is 1. The van der Waals surface area contributed by atoms with Crippen LogP contribution in [0.25, 0.3) is 5.69 Å². The number of carbonyl (C=O) groups excluding carboxylic acids is 1. The molecule has 0 spiro atoms. The molecule has 0 atom stereocenters. The number of nitrogens with one attached hydrogen (secondary N) is 1. The summed E-state index contributed by atoms with van der Waals surface area (Å²) in [7, 11) is 0. The summed E-state index contributed by atoms with van der Waals surface area (Å²) < 4.78 is 7.18. The second-order valence-electron chi connectivity index (χ2n) is 6.45. The Balaban J connectivity index is 1.59. The minimum atomic E-state index is -0.463. The van der Waals surface area contributed by atoms with Gasteiger partial charge in [-0.2, -0.15) is 5.10 Å². The Kier molecular flexibility index (Phi) is 6.57. The van der Waals surface area contributed by atoms with Gasteiger partial charge in [0.1, 0.15) is 5.75 Å². The number of amides is 1. The molecule has 2 aromatic carbocycles. The van der Waals surface area contributed by atoms with Crippen LogP contribution in [0.4, 0.5) is 5.69 Å². The molecule has 0 saturated heterocycles. The lowest BCUT2D eigenvalue weighted by Gasteiger charge is -2.08. The van der Waals surface area contributed by atoms with E-state index >= 15 is 0 Å². The highest BCUT2D eigenvalue weighted by molar-refractivity contribution is 5.92. The summed E-state index contributed by atoms with van der Waals surface area (Å²) in [5.41, 5.74) is 1.83. The molecule has 29 heavy (non-hydrogen) atoms. The molecule has 150 valence electrons.